The number of benzene rings is 2. The quantitative estimate of drug-likeness (QED) is 0.672. The largest absolute Gasteiger partial charge is 0.492 e. The number of nitrogens with zero attached hydrogens (tertiary/aromatic N) is 3. The lowest BCUT2D eigenvalue weighted by molar-refractivity contribution is 0.0322. The van der Waals surface area contributed by atoms with Crippen molar-refractivity contribution >= 4 is 11.8 Å². The summed E-state index contributed by atoms with van der Waals surface area (Å²) in [4.78, 5) is 31.9. The van der Waals surface area contributed by atoms with Crippen molar-refractivity contribution in [2.75, 3.05) is 73.2 Å². The van der Waals surface area contributed by atoms with Crippen molar-refractivity contribution in [1.82, 2.24) is 20.0 Å². The van der Waals surface area contributed by atoms with E-state index < -0.39 is 0 Å². The number of morpholine rings is 1. The number of amides is 2. The van der Waals surface area contributed by atoms with Crippen LogP contribution in [0.5, 0.6) is 5.75 Å². The zero-order valence-electron chi connectivity index (χ0n) is 20.0. The highest BCUT2D eigenvalue weighted by atomic mass is 16.5. The predicted octanol–water partition coefficient (Wildman–Crippen LogP) is 1.89. The zero-order valence-corrected chi connectivity index (χ0v) is 20.0. The second kappa shape index (κ2) is 11.5. The van der Waals surface area contributed by atoms with Crippen molar-refractivity contribution in [1.29, 1.82) is 0 Å². The number of ether oxygens (including phenoxy) is 2. The summed E-state index contributed by atoms with van der Waals surface area (Å²) in [6, 6.07) is 15.1. The molecule has 2 fully saturated rings. The van der Waals surface area contributed by atoms with Crippen LogP contribution in [-0.2, 0) is 4.74 Å². The highest BCUT2D eigenvalue weighted by Crippen LogP contribution is 2.26. The summed E-state index contributed by atoms with van der Waals surface area (Å²) >= 11 is 0. The molecule has 2 aromatic carbocycles. The topological polar surface area (TPSA) is 74.3 Å². The summed E-state index contributed by atoms with van der Waals surface area (Å²) in [7, 11) is 3.69. The normalized spacial score (nSPS) is 19.6. The molecule has 34 heavy (non-hydrogen) atoms. The first kappa shape index (κ1) is 24.2. The van der Waals surface area contributed by atoms with Crippen molar-refractivity contribution in [2.24, 2.45) is 0 Å². The van der Waals surface area contributed by atoms with Gasteiger partial charge >= 0.3 is 0 Å². The van der Waals surface area contributed by atoms with Gasteiger partial charge in [0.2, 0.25) is 0 Å². The molecule has 1 N–H and O–H groups in total. The van der Waals surface area contributed by atoms with Gasteiger partial charge < -0.3 is 19.7 Å². The van der Waals surface area contributed by atoms with Crippen molar-refractivity contribution in [2.45, 2.75) is 6.04 Å². The summed E-state index contributed by atoms with van der Waals surface area (Å²) in [6.07, 6.45) is 0. The first-order chi connectivity index (χ1) is 16.5. The van der Waals surface area contributed by atoms with Gasteiger partial charge in [-0.05, 0) is 42.9 Å². The summed E-state index contributed by atoms with van der Waals surface area (Å²) in [6.45, 7) is 6.80. The fraction of sp³-hybridized carbons (Fsp3) is 0.462. The lowest BCUT2D eigenvalue weighted by Crippen LogP contribution is -2.49. The van der Waals surface area contributed by atoms with Crippen LogP contribution in [0.1, 0.15) is 32.3 Å². The maximum Gasteiger partial charge on any atom is 0.254 e. The Morgan fingerprint density at radius 3 is 2.59 bits per heavy atom. The van der Waals surface area contributed by atoms with E-state index in [-0.39, 0.29) is 17.9 Å². The Bertz CT molecular complexity index is 992. The summed E-state index contributed by atoms with van der Waals surface area (Å²) in [5.41, 5.74) is 2.28. The molecule has 2 aliphatic heterocycles. The molecule has 1 atom stereocenters. The molecule has 8 heteroatoms. The molecule has 0 aromatic heterocycles. The third-order valence-electron chi connectivity index (χ3n) is 6.56. The minimum absolute atomic E-state index is 0.000755. The molecule has 2 aliphatic rings. The molecule has 0 aliphatic carbocycles. The van der Waals surface area contributed by atoms with E-state index in [0.717, 1.165) is 45.0 Å². The van der Waals surface area contributed by atoms with Crippen LogP contribution in [-0.4, -0.2) is 99.7 Å². The maximum absolute atomic E-state index is 13.3. The average molecular weight is 467 g/mol. The van der Waals surface area contributed by atoms with Crippen LogP contribution in [0.3, 0.4) is 0 Å². The number of rotatable bonds is 7. The number of likely N-dealkylation sites (N-methyl/N-ethyl adjacent to an activating group) is 1. The Balaban J connectivity index is 1.39. The van der Waals surface area contributed by atoms with E-state index >= 15 is 0 Å². The Hall–Kier alpha value is -2.94. The second-order valence-corrected chi connectivity index (χ2v) is 8.78. The van der Waals surface area contributed by atoms with Crippen LogP contribution in [0.2, 0.25) is 0 Å². The van der Waals surface area contributed by atoms with Gasteiger partial charge in [0.1, 0.15) is 12.4 Å². The molecule has 4 rings (SSSR count). The fourth-order valence-electron chi connectivity index (χ4n) is 4.47. The van der Waals surface area contributed by atoms with E-state index in [1.165, 1.54) is 0 Å². The van der Waals surface area contributed by atoms with Gasteiger partial charge in [-0.2, -0.15) is 0 Å². The van der Waals surface area contributed by atoms with E-state index in [1.807, 2.05) is 47.4 Å². The number of nitrogens with one attached hydrogen (secondary N) is 1. The SMILES string of the molecule is CNC(=O)c1cccc([C@H]2CN(C(=O)c3cccc(OCCN4CCOCC4)c3)CCN2C)c1. The summed E-state index contributed by atoms with van der Waals surface area (Å²) < 4.78 is 11.3. The van der Waals surface area contributed by atoms with Crippen LogP contribution >= 0.6 is 0 Å². The van der Waals surface area contributed by atoms with Gasteiger partial charge in [0.05, 0.1) is 19.3 Å². The van der Waals surface area contributed by atoms with Crippen LogP contribution in [0, 0.1) is 0 Å². The predicted molar refractivity (Wildman–Crippen MR) is 130 cm³/mol. The molecule has 182 valence electrons. The smallest absolute Gasteiger partial charge is 0.254 e. The van der Waals surface area contributed by atoms with E-state index in [1.54, 1.807) is 13.1 Å². The second-order valence-electron chi connectivity index (χ2n) is 8.78. The maximum atomic E-state index is 13.3. The highest BCUT2D eigenvalue weighted by molar-refractivity contribution is 5.95. The van der Waals surface area contributed by atoms with Gasteiger partial charge in [-0.1, -0.05) is 18.2 Å². The van der Waals surface area contributed by atoms with Crippen LogP contribution in [0.25, 0.3) is 0 Å². The first-order valence-electron chi connectivity index (χ1n) is 11.9. The average Bonchev–Trinajstić information content (AvgIpc) is 2.89. The van der Waals surface area contributed by atoms with E-state index in [0.29, 0.717) is 36.6 Å². The number of carbonyl (C=O) groups excluding carboxylic acids is 2. The zero-order chi connectivity index (χ0) is 23.9. The Morgan fingerprint density at radius 1 is 1.03 bits per heavy atom. The van der Waals surface area contributed by atoms with Crippen molar-refractivity contribution in [3.8, 4) is 5.75 Å². The molecule has 2 amide bonds. The molecule has 0 unspecified atom stereocenters. The van der Waals surface area contributed by atoms with Gasteiger partial charge in [-0.15, -0.1) is 0 Å². The third kappa shape index (κ3) is 5.94. The lowest BCUT2D eigenvalue weighted by Gasteiger charge is -2.40. The Morgan fingerprint density at radius 2 is 1.79 bits per heavy atom. The number of hydrogen-bond donors (Lipinski definition) is 1. The van der Waals surface area contributed by atoms with Gasteiger partial charge in [0.25, 0.3) is 11.8 Å². The summed E-state index contributed by atoms with van der Waals surface area (Å²) in [5.74, 6) is 0.598. The van der Waals surface area contributed by atoms with Gasteiger partial charge in [0, 0.05) is 57.4 Å². The summed E-state index contributed by atoms with van der Waals surface area (Å²) in [5, 5.41) is 2.67. The molecule has 0 saturated carbocycles. The number of hydrogen-bond acceptors (Lipinski definition) is 6. The Labute approximate surface area is 201 Å². The minimum atomic E-state index is -0.112. The highest BCUT2D eigenvalue weighted by Gasteiger charge is 2.29. The van der Waals surface area contributed by atoms with Gasteiger partial charge in [-0.3, -0.25) is 19.4 Å². The van der Waals surface area contributed by atoms with E-state index in [4.69, 9.17) is 9.47 Å². The van der Waals surface area contributed by atoms with Crippen molar-refractivity contribution < 1.29 is 19.1 Å². The third-order valence-corrected chi connectivity index (χ3v) is 6.56. The first-order valence-corrected chi connectivity index (χ1v) is 11.9. The molecule has 8 nitrogen and oxygen atoms in total. The number of carbonyl (C=O) groups is 2. The van der Waals surface area contributed by atoms with Crippen LogP contribution in [0.4, 0.5) is 0 Å². The van der Waals surface area contributed by atoms with Crippen LogP contribution < -0.4 is 10.1 Å². The van der Waals surface area contributed by atoms with Crippen molar-refractivity contribution in [3.05, 3.63) is 65.2 Å². The molecule has 2 aromatic rings. The number of piperazine rings is 1. The molecule has 0 bridgehead atoms. The van der Waals surface area contributed by atoms with E-state index in [9.17, 15) is 9.59 Å². The van der Waals surface area contributed by atoms with Gasteiger partial charge in [0.15, 0.2) is 0 Å². The molecule has 2 heterocycles. The monoisotopic (exact) mass is 466 g/mol. The molecular formula is C26H34N4O4. The van der Waals surface area contributed by atoms with E-state index in [2.05, 4.69) is 22.2 Å². The fourth-order valence-corrected chi connectivity index (χ4v) is 4.47. The Kier molecular flexibility index (Phi) is 8.16. The lowest BCUT2D eigenvalue weighted by atomic mass is 9.99. The molecular weight excluding hydrogens is 432 g/mol. The standard InChI is InChI=1S/C26H34N4O4/c1-27-25(31)21-6-3-5-20(17-21)24-19-30(10-9-28(24)2)26(32)22-7-4-8-23(18-22)34-16-13-29-11-14-33-15-12-29/h3-8,17-18,24H,9-16,19H2,1-2H3,(H,27,31)/t24-/m1/s1. The minimum Gasteiger partial charge on any atom is -0.492 e. The van der Waals surface area contributed by atoms with Gasteiger partial charge in [-0.25, -0.2) is 0 Å². The molecule has 0 spiro atoms. The van der Waals surface area contributed by atoms with Crippen molar-refractivity contribution in [3.63, 3.8) is 0 Å². The van der Waals surface area contributed by atoms with Crippen LogP contribution in [0.15, 0.2) is 48.5 Å². The molecule has 2 saturated heterocycles. The molecule has 0 radical (unpaired) electrons.